The number of esters is 1. The van der Waals surface area contributed by atoms with Gasteiger partial charge in [0.25, 0.3) is 5.91 Å². The van der Waals surface area contributed by atoms with Crippen LogP contribution in [0.2, 0.25) is 15.1 Å². The molecule has 0 aliphatic heterocycles. The fraction of sp³-hybridized carbons (Fsp3) is 0.158. The number of hydrogen-bond acceptors (Lipinski definition) is 6. The summed E-state index contributed by atoms with van der Waals surface area (Å²) in [7, 11) is -0.852. The lowest BCUT2D eigenvalue weighted by Gasteiger charge is -2.12. The Labute approximate surface area is 197 Å². The van der Waals surface area contributed by atoms with Gasteiger partial charge in [0, 0.05) is 34.9 Å². The summed E-state index contributed by atoms with van der Waals surface area (Å²) in [4.78, 5) is 24.7. The Morgan fingerprint density at radius 2 is 1.84 bits per heavy atom. The molecule has 2 aromatic carbocycles. The highest BCUT2D eigenvalue weighted by molar-refractivity contribution is 7.89. The third kappa shape index (κ3) is 5.14. The van der Waals surface area contributed by atoms with Crippen LogP contribution < -0.4 is 5.32 Å². The molecule has 1 amide bonds. The topological polar surface area (TPSA) is 92.8 Å². The number of sulfonamides is 1. The summed E-state index contributed by atoms with van der Waals surface area (Å²) in [5.74, 6) is -1.44. The Morgan fingerprint density at radius 3 is 2.52 bits per heavy atom. The minimum Gasteiger partial charge on any atom is -0.451 e. The minimum absolute atomic E-state index is 0.0138. The van der Waals surface area contributed by atoms with Crippen molar-refractivity contribution < 1.29 is 22.7 Å². The quantitative estimate of drug-likeness (QED) is 0.465. The monoisotopic (exact) mass is 520 g/mol. The highest BCUT2D eigenvalue weighted by atomic mass is 35.5. The standard InChI is InChI=1S/C19H15Cl3N2O5S2/c1-24(2)31(27,28)12-5-3-4-11(8-12)23-15(25)9-29-19(26)18-17(22)16-13(21)6-10(20)7-14(16)30-18/h3-8H,9H2,1-2H3,(H,23,25). The largest absolute Gasteiger partial charge is 0.451 e. The summed E-state index contributed by atoms with van der Waals surface area (Å²) in [5, 5.41) is 3.79. The number of nitrogens with one attached hydrogen (secondary N) is 1. The van der Waals surface area contributed by atoms with Crippen molar-refractivity contribution in [3.05, 3.63) is 56.3 Å². The molecule has 3 rings (SSSR count). The van der Waals surface area contributed by atoms with Crippen molar-refractivity contribution in [3.8, 4) is 0 Å². The van der Waals surface area contributed by atoms with Crippen LogP contribution in [0, 0.1) is 0 Å². The smallest absolute Gasteiger partial charge is 0.350 e. The third-order valence-corrected chi connectivity index (χ3v) is 8.00. The van der Waals surface area contributed by atoms with Crippen LogP contribution in [-0.2, 0) is 19.6 Å². The molecular weight excluding hydrogens is 507 g/mol. The van der Waals surface area contributed by atoms with Gasteiger partial charge in [0.15, 0.2) is 6.61 Å². The molecule has 31 heavy (non-hydrogen) atoms. The Morgan fingerprint density at radius 1 is 1.13 bits per heavy atom. The summed E-state index contributed by atoms with van der Waals surface area (Å²) >= 11 is 19.4. The SMILES string of the molecule is CN(C)S(=O)(=O)c1cccc(NC(=O)COC(=O)c2sc3cc(Cl)cc(Cl)c3c2Cl)c1. The molecule has 3 aromatic rings. The second kappa shape index (κ2) is 9.32. The van der Waals surface area contributed by atoms with Gasteiger partial charge in [-0.3, -0.25) is 4.79 Å². The molecule has 12 heteroatoms. The van der Waals surface area contributed by atoms with Crippen molar-refractivity contribution in [2.45, 2.75) is 4.90 Å². The number of hydrogen-bond donors (Lipinski definition) is 1. The van der Waals surface area contributed by atoms with Gasteiger partial charge in [0.2, 0.25) is 10.0 Å². The van der Waals surface area contributed by atoms with E-state index in [1.807, 2.05) is 0 Å². The molecule has 0 bridgehead atoms. The molecule has 0 radical (unpaired) electrons. The van der Waals surface area contributed by atoms with Crippen LogP contribution in [0.4, 0.5) is 5.69 Å². The summed E-state index contributed by atoms with van der Waals surface area (Å²) in [6.45, 7) is -0.595. The minimum atomic E-state index is -3.66. The van der Waals surface area contributed by atoms with Gasteiger partial charge in [-0.05, 0) is 30.3 Å². The summed E-state index contributed by atoms with van der Waals surface area (Å²) in [5.41, 5.74) is 0.241. The molecule has 1 N–H and O–H groups in total. The van der Waals surface area contributed by atoms with E-state index in [0.29, 0.717) is 20.1 Å². The van der Waals surface area contributed by atoms with E-state index in [0.717, 1.165) is 15.6 Å². The summed E-state index contributed by atoms with van der Waals surface area (Å²) < 4.78 is 31.1. The first-order valence-electron chi connectivity index (χ1n) is 8.57. The number of benzene rings is 2. The molecule has 0 unspecified atom stereocenters. The molecule has 1 aromatic heterocycles. The van der Waals surface area contributed by atoms with Crippen molar-refractivity contribution in [2.75, 3.05) is 26.0 Å². The third-order valence-electron chi connectivity index (χ3n) is 4.07. The maximum Gasteiger partial charge on any atom is 0.350 e. The second-order valence-electron chi connectivity index (χ2n) is 6.45. The van der Waals surface area contributed by atoms with Gasteiger partial charge < -0.3 is 10.1 Å². The molecule has 7 nitrogen and oxygen atoms in total. The maximum atomic E-state index is 12.4. The zero-order chi connectivity index (χ0) is 22.9. The number of fused-ring (bicyclic) bond motifs is 1. The van der Waals surface area contributed by atoms with Crippen LogP contribution >= 0.6 is 46.1 Å². The van der Waals surface area contributed by atoms with Crippen molar-refractivity contribution >= 4 is 83.8 Å². The Kier molecular flexibility index (Phi) is 7.14. The number of amides is 1. The van der Waals surface area contributed by atoms with Gasteiger partial charge in [-0.2, -0.15) is 0 Å². The summed E-state index contributed by atoms with van der Waals surface area (Å²) in [6, 6.07) is 8.86. The van der Waals surface area contributed by atoms with Crippen molar-refractivity contribution in [2.24, 2.45) is 0 Å². The number of carbonyl (C=O) groups excluding carboxylic acids is 2. The number of rotatable bonds is 6. The van der Waals surface area contributed by atoms with E-state index in [1.165, 1.54) is 44.4 Å². The van der Waals surface area contributed by atoms with E-state index in [-0.39, 0.29) is 20.5 Å². The fourth-order valence-corrected chi connectivity index (χ4v) is 5.79. The van der Waals surface area contributed by atoms with Crippen LogP contribution in [0.3, 0.4) is 0 Å². The van der Waals surface area contributed by atoms with Crippen LogP contribution in [0.1, 0.15) is 9.67 Å². The molecule has 164 valence electrons. The first-order chi connectivity index (χ1) is 14.5. The van der Waals surface area contributed by atoms with Crippen molar-refractivity contribution in [1.82, 2.24) is 4.31 Å². The molecule has 1 heterocycles. The molecule has 0 atom stereocenters. The Hall–Kier alpha value is -1.88. The van der Waals surface area contributed by atoms with Gasteiger partial charge in [-0.1, -0.05) is 40.9 Å². The van der Waals surface area contributed by atoms with E-state index in [9.17, 15) is 18.0 Å². The number of halogens is 3. The molecule has 0 aliphatic rings. The zero-order valence-corrected chi connectivity index (χ0v) is 20.0. The van der Waals surface area contributed by atoms with Crippen LogP contribution in [0.5, 0.6) is 0 Å². The summed E-state index contributed by atoms with van der Waals surface area (Å²) in [6.07, 6.45) is 0. The van der Waals surface area contributed by atoms with E-state index in [4.69, 9.17) is 39.5 Å². The molecule has 0 saturated carbocycles. The number of thiophene rings is 1. The Bertz CT molecular complexity index is 1290. The van der Waals surface area contributed by atoms with E-state index in [2.05, 4.69) is 5.32 Å². The lowest BCUT2D eigenvalue weighted by Crippen LogP contribution is -2.23. The van der Waals surface area contributed by atoms with Crippen LogP contribution in [0.15, 0.2) is 41.3 Å². The van der Waals surface area contributed by atoms with Gasteiger partial charge in [-0.25, -0.2) is 17.5 Å². The van der Waals surface area contributed by atoms with Gasteiger partial charge in [0.1, 0.15) is 4.88 Å². The van der Waals surface area contributed by atoms with Gasteiger partial charge in [0.05, 0.1) is 14.9 Å². The Balaban J connectivity index is 1.69. The number of carbonyl (C=O) groups is 2. The highest BCUT2D eigenvalue weighted by Crippen LogP contribution is 2.41. The first kappa shape index (κ1) is 23.8. The van der Waals surface area contributed by atoms with Gasteiger partial charge >= 0.3 is 5.97 Å². The van der Waals surface area contributed by atoms with Crippen molar-refractivity contribution in [3.63, 3.8) is 0 Å². The average Bonchev–Trinajstić information content (AvgIpc) is 3.02. The molecule has 0 saturated heterocycles. The van der Waals surface area contributed by atoms with Gasteiger partial charge in [-0.15, -0.1) is 11.3 Å². The second-order valence-corrected chi connectivity index (χ2v) is 10.9. The normalized spacial score (nSPS) is 11.7. The predicted octanol–water partition coefficient (Wildman–Crippen LogP) is 4.91. The van der Waals surface area contributed by atoms with Crippen LogP contribution in [-0.4, -0.2) is 45.3 Å². The average molecular weight is 522 g/mol. The molecule has 0 spiro atoms. The predicted molar refractivity (Wildman–Crippen MR) is 123 cm³/mol. The lowest BCUT2D eigenvalue weighted by atomic mass is 10.2. The van der Waals surface area contributed by atoms with Crippen LogP contribution in [0.25, 0.3) is 10.1 Å². The fourth-order valence-electron chi connectivity index (χ4n) is 2.58. The first-order valence-corrected chi connectivity index (χ1v) is 12.0. The number of nitrogens with zero attached hydrogens (tertiary/aromatic N) is 1. The number of ether oxygens (including phenoxy) is 1. The molecular formula is C19H15Cl3N2O5S2. The maximum absolute atomic E-state index is 12.4. The lowest BCUT2D eigenvalue weighted by molar-refractivity contribution is -0.119. The molecule has 0 fully saturated rings. The van der Waals surface area contributed by atoms with E-state index >= 15 is 0 Å². The van der Waals surface area contributed by atoms with Crippen molar-refractivity contribution in [1.29, 1.82) is 0 Å². The number of anilines is 1. The van der Waals surface area contributed by atoms with E-state index in [1.54, 1.807) is 6.07 Å². The zero-order valence-electron chi connectivity index (χ0n) is 16.1. The highest BCUT2D eigenvalue weighted by Gasteiger charge is 2.22. The molecule has 0 aliphatic carbocycles. The van der Waals surface area contributed by atoms with E-state index < -0.39 is 28.5 Å².